The van der Waals surface area contributed by atoms with Gasteiger partial charge in [0, 0.05) is 31.5 Å². The molecule has 0 N–H and O–H groups in total. The molecule has 0 fully saturated rings. The number of aromatic nitrogens is 1. The van der Waals surface area contributed by atoms with Crippen LogP contribution in [0.25, 0.3) is 0 Å². The van der Waals surface area contributed by atoms with Crippen molar-refractivity contribution in [1.29, 1.82) is 0 Å². The average Bonchev–Trinajstić information content (AvgIpc) is 2.94. The highest BCUT2D eigenvalue weighted by Crippen LogP contribution is 2.15. The van der Waals surface area contributed by atoms with E-state index in [9.17, 15) is 0 Å². The highest BCUT2D eigenvalue weighted by Gasteiger charge is 2.01. The Hall–Kier alpha value is -1.91. The van der Waals surface area contributed by atoms with Gasteiger partial charge in [-0.3, -0.25) is 0 Å². The first-order valence-electron chi connectivity index (χ1n) is 14.3. The van der Waals surface area contributed by atoms with Gasteiger partial charge in [0.05, 0.1) is 13.2 Å². The number of pyridine rings is 1. The van der Waals surface area contributed by atoms with Crippen LogP contribution in [0.3, 0.4) is 0 Å². The monoisotopic (exact) mass is 759 g/mol. The SMILES string of the molecule is CCCCCCOCc1cc(I)cc(C#Cc2cccc(C#Cc3cc(I)cc(COCCCCCC)c3)n2)c1. The zero-order valence-electron chi connectivity index (χ0n) is 23.7. The highest BCUT2D eigenvalue weighted by atomic mass is 127. The van der Waals surface area contributed by atoms with E-state index in [1.807, 2.05) is 18.2 Å². The maximum atomic E-state index is 5.88. The van der Waals surface area contributed by atoms with Crippen LogP contribution >= 0.6 is 45.2 Å². The molecule has 210 valence electrons. The summed E-state index contributed by atoms with van der Waals surface area (Å²) in [6.07, 6.45) is 9.73. The summed E-state index contributed by atoms with van der Waals surface area (Å²) < 4.78 is 14.1. The number of hydrogen-bond donors (Lipinski definition) is 0. The third-order valence-electron chi connectivity index (χ3n) is 6.16. The number of halogens is 2. The van der Waals surface area contributed by atoms with Crippen molar-refractivity contribution < 1.29 is 9.47 Å². The van der Waals surface area contributed by atoms with Crippen LogP contribution in [-0.4, -0.2) is 18.2 Å². The molecule has 1 aromatic heterocycles. The fraction of sp³-hybridized carbons (Fsp3) is 0.400. The van der Waals surface area contributed by atoms with Crippen molar-refractivity contribution in [1.82, 2.24) is 4.98 Å². The predicted octanol–water partition coefficient (Wildman–Crippen LogP) is 9.28. The van der Waals surface area contributed by atoms with E-state index < -0.39 is 0 Å². The van der Waals surface area contributed by atoms with E-state index in [0.29, 0.717) is 24.6 Å². The zero-order chi connectivity index (χ0) is 28.4. The number of rotatable bonds is 14. The van der Waals surface area contributed by atoms with Crippen molar-refractivity contribution in [2.45, 2.75) is 78.4 Å². The number of ether oxygens (including phenoxy) is 2. The molecule has 3 nitrogen and oxygen atoms in total. The van der Waals surface area contributed by atoms with Gasteiger partial charge >= 0.3 is 0 Å². The van der Waals surface area contributed by atoms with Crippen LogP contribution in [-0.2, 0) is 22.7 Å². The lowest BCUT2D eigenvalue weighted by Gasteiger charge is -2.06. The van der Waals surface area contributed by atoms with Gasteiger partial charge in [0.2, 0.25) is 0 Å². The maximum Gasteiger partial charge on any atom is 0.115 e. The number of hydrogen-bond acceptors (Lipinski definition) is 3. The minimum atomic E-state index is 0.617. The molecule has 5 heteroatoms. The Balaban J connectivity index is 1.61. The smallest absolute Gasteiger partial charge is 0.115 e. The van der Waals surface area contributed by atoms with Crippen molar-refractivity contribution in [2.24, 2.45) is 0 Å². The summed E-state index contributed by atoms with van der Waals surface area (Å²) in [7, 11) is 0. The first kappa shape index (κ1) is 32.6. The highest BCUT2D eigenvalue weighted by molar-refractivity contribution is 14.1. The molecular weight excluding hydrogens is 720 g/mol. The van der Waals surface area contributed by atoms with Crippen molar-refractivity contribution in [3.05, 3.63) is 95.4 Å². The number of benzene rings is 2. The van der Waals surface area contributed by atoms with E-state index in [1.54, 1.807) is 0 Å². The molecule has 40 heavy (non-hydrogen) atoms. The third-order valence-corrected chi connectivity index (χ3v) is 7.40. The standard InChI is InChI=1S/C35H39I2NO2/c1-3-5-7-9-18-39-26-30-20-28(22-32(36)24-30)14-16-34-12-11-13-35(38-34)17-15-29-21-31(25-33(37)23-29)27-40-19-10-8-6-4-2/h11-13,20-25H,3-10,18-19,26-27H2,1-2H3. The van der Waals surface area contributed by atoms with Crippen molar-refractivity contribution in [2.75, 3.05) is 13.2 Å². The predicted molar refractivity (Wildman–Crippen MR) is 182 cm³/mol. The normalized spacial score (nSPS) is 10.5. The Morgan fingerprint density at radius 2 is 1.07 bits per heavy atom. The summed E-state index contributed by atoms with van der Waals surface area (Å²) in [6.45, 7) is 7.30. The molecule has 0 saturated heterocycles. The van der Waals surface area contributed by atoms with Gasteiger partial charge in [0.15, 0.2) is 0 Å². The minimum Gasteiger partial charge on any atom is -0.377 e. The molecule has 0 saturated carbocycles. The first-order valence-corrected chi connectivity index (χ1v) is 16.5. The number of nitrogens with zero attached hydrogens (tertiary/aromatic N) is 1. The Morgan fingerprint density at radius 1 is 0.600 bits per heavy atom. The lowest BCUT2D eigenvalue weighted by atomic mass is 10.1. The van der Waals surface area contributed by atoms with Crippen molar-refractivity contribution >= 4 is 45.2 Å². The minimum absolute atomic E-state index is 0.617. The van der Waals surface area contributed by atoms with Crippen LogP contribution < -0.4 is 0 Å². The third kappa shape index (κ3) is 13.2. The lowest BCUT2D eigenvalue weighted by molar-refractivity contribution is 0.116. The van der Waals surface area contributed by atoms with Crippen LogP contribution in [0, 0.1) is 30.8 Å². The molecule has 0 spiro atoms. The zero-order valence-corrected chi connectivity index (χ0v) is 28.0. The Bertz CT molecular complexity index is 1230. The molecule has 0 aliphatic carbocycles. The van der Waals surface area contributed by atoms with Crippen LogP contribution in [0.5, 0.6) is 0 Å². The molecule has 1 heterocycles. The largest absolute Gasteiger partial charge is 0.377 e. The molecule has 0 amide bonds. The first-order chi connectivity index (χ1) is 19.6. The molecule has 3 aromatic rings. The molecule has 0 unspecified atom stereocenters. The summed E-state index contributed by atoms with van der Waals surface area (Å²) in [5.41, 5.74) is 5.65. The van der Waals surface area contributed by atoms with Crippen molar-refractivity contribution in [3.8, 4) is 23.7 Å². The van der Waals surface area contributed by atoms with Crippen LogP contribution in [0.2, 0.25) is 0 Å². The lowest BCUT2D eigenvalue weighted by Crippen LogP contribution is -1.97. The Kier molecular flexibility index (Phi) is 15.7. The van der Waals surface area contributed by atoms with Crippen LogP contribution in [0.4, 0.5) is 0 Å². The summed E-state index contributed by atoms with van der Waals surface area (Å²) in [5, 5.41) is 0. The second-order valence-corrected chi connectivity index (χ2v) is 12.3. The van der Waals surface area contributed by atoms with E-state index in [4.69, 9.17) is 9.47 Å². The van der Waals surface area contributed by atoms with Crippen LogP contribution in [0.1, 0.15) is 98.9 Å². The van der Waals surface area contributed by atoms with Gasteiger partial charge in [0.25, 0.3) is 0 Å². The van der Waals surface area contributed by atoms with E-state index in [1.165, 1.54) is 38.5 Å². The van der Waals surface area contributed by atoms with Gasteiger partial charge in [-0.15, -0.1) is 0 Å². The molecule has 0 radical (unpaired) electrons. The second kappa shape index (κ2) is 19.3. The summed E-state index contributed by atoms with van der Waals surface area (Å²) >= 11 is 4.68. The Labute approximate surface area is 268 Å². The van der Waals surface area contributed by atoms with E-state index in [-0.39, 0.29) is 0 Å². The summed E-state index contributed by atoms with van der Waals surface area (Å²) in [4.78, 5) is 4.66. The van der Waals surface area contributed by atoms with Gasteiger partial charge in [-0.2, -0.15) is 0 Å². The topological polar surface area (TPSA) is 31.4 Å². The summed E-state index contributed by atoms with van der Waals surface area (Å²) in [6, 6.07) is 18.5. The quantitative estimate of drug-likeness (QED) is 0.0934. The van der Waals surface area contributed by atoms with Gasteiger partial charge in [-0.25, -0.2) is 4.98 Å². The van der Waals surface area contributed by atoms with Gasteiger partial charge < -0.3 is 9.47 Å². The number of unbranched alkanes of at least 4 members (excludes halogenated alkanes) is 6. The maximum absolute atomic E-state index is 5.88. The van der Waals surface area contributed by atoms with Gasteiger partial charge in [0.1, 0.15) is 11.4 Å². The van der Waals surface area contributed by atoms with E-state index in [0.717, 1.165) is 55.4 Å². The molecular formula is C35H39I2NO2. The molecule has 3 rings (SSSR count). The summed E-state index contributed by atoms with van der Waals surface area (Å²) in [5.74, 6) is 13.0. The van der Waals surface area contributed by atoms with Gasteiger partial charge in [-0.05, 0) is 130 Å². The fourth-order valence-electron chi connectivity index (χ4n) is 4.10. The molecule has 0 aliphatic heterocycles. The molecule has 0 aliphatic rings. The van der Waals surface area contributed by atoms with E-state index >= 15 is 0 Å². The van der Waals surface area contributed by atoms with E-state index in [2.05, 4.69) is 124 Å². The van der Waals surface area contributed by atoms with Crippen molar-refractivity contribution in [3.63, 3.8) is 0 Å². The molecule has 2 aromatic carbocycles. The second-order valence-electron chi connectivity index (χ2n) is 9.83. The Morgan fingerprint density at radius 3 is 1.52 bits per heavy atom. The average molecular weight is 760 g/mol. The fourth-order valence-corrected chi connectivity index (χ4v) is 5.57. The molecule has 0 bridgehead atoms. The van der Waals surface area contributed by atoms with Crippen LogP contribution in [0.15, 0.2) is 54.6 Å². The van der Waals surface area contributed by atoms with Gasteiger partial charge in [-0.1, -0.05) is 70.3 Å². The molecule has 0 atom stereocenters.